The molecule has 16 rings (SSSR count). The zero-order valence-corrected chi connectivity index (χ0v) is 41.6. The highest BCUT2D eigenvalue weighted by Gasteiger charge is 2.53. The summed E-state index contributed by atoms with van der Waals surface area (Å²) in [6.45, 7) is 0. The van der Waals surface area contributed by atoms with E-state index in [-0.39, 0.29) is 0 Å². The summed E-state index contributed by atoms with van der Waals surface area (Å²) in [4.78, 5) is 5.12. The van der Waals surface area contributed by atoms with Gasteiger partial charge in [0, 0.05) is 37.9 Å². The van der Waals surface area contributed by atoms with Crippen molar-refractivity contribution in [1.82, 2.24) is 0 Å². The Hall–Kier alpha value is -9.15. The first-order valence-corrected chi connectivity index (χ1v) is 26.7. The van der Waals surface area contributed by atoms with Gasteiger partial charge < -0.3 is 9.64 Å². The maximum Gasteiger partial charge on any atom is 0.132 e. The molecule has 0 saturated carbocycles. The molecule has 0 amide bonds. The lowest BCUT2D eigenvalue weighted by atomic mass is 9.66. The van der Waals surface area contributed by atoms with Crippen molar-refractivity contribution in [3.05, 3.63) is 317 Å². The van der Waals surface area contributed by atoms with Crippen molar-refractivity contribution >= 4 is 39.6 Å². The van der Waals surface area contributed by atoms with Gasteiger partial charge in [0.25, 0.3) is 0 Å². The van der Waals surface area contributed by atoms with Crippen LogP contribution in [-0.2, 0) is 10.8 Å². The van der Waals surface area contributed by atoms with Gasteiger partial charge in [-0.25, -0.2) is 0 Å². The van der Waals surface area contributed by atoms with Crippen LogP contribution in [-0.4, -0.2) is 0 Å². The van der Waals surface area contributed by atoms with Crippen molar-refractivity contribution < 1.29 is 4.74 Å². The standard InChI is InChI=1S/C72H45NOS/c1-2-17-46(18-3-1)47-33-35-48(36-34-47)49-37-40-51(41-38-49)73(64-28-16-27-62-70(64)55-20-5-7-22-57(55)71(62)58-23-8-12-29-65(58)74-66-30-13-9-24-59(66)71)52-42-43-53-50(45-52)39-44-63-69(53)54-19-4-6-21-56(54)72(63)60-25-10-14-31-67(60)75-68-32-15-11-26-61(68)72/h1-45H. The molecule has 0 atom stereocenters. The number of fused-ring (bicyclic) bond motifs is 20. The third-order valence-corrected chi connectivity index (χ3v) is 17.8. The van der Waals surface area contributed by atoms with Crippen LogP contribution >= 0.6 is 11.8 Å². The zero-order valence-electron chi connectivity index (χ0n) is 40.7. The molecule has 0 fully saturated rings. The van der Waals surface area contributed by atoms with Gasteiger partial charge >= 0.3 is 0 Å². The van der Waals surface area contributed by atoms with Gasteiger partial charge in [-0.05, 0) is 138 Å². The maximum atomic E-state index is 6.74. The molecule has 75 heavy (non-hydrogen) atoms. The summed E-state index contributed by atoms with van der Waals surface area (Å²) in [5, 5.41) is 2.45. The normalized spacial score (nSPS) is 14.1. The lowest BCUT2D eigenvalue weighted by Gasteiger charge is -2.39. The predicted octanol–water partition coefficient (Wildman–Crippen LogP) is 18.9. The molecule has 0 aromatic heterocycles. The van der Waals surface area contributed by atoms with Crippen LogP contribution in [0, 0.1) is 0 Å². The second-order valence-electron chi connectivity index (χ2n) is 20.2. The zero-order chi connectivity index (χ0) is 49.2. The molecular formula is C72H45NOS. The van der Waals surface area contributed by atoms with Crippen LogP contribution in [0.4, 0.5) is 17.1 Å². The second kappa shape index (κ2) is 16.2. The molecule has 0 N–H and O–H groups in total. The Morgan fingerprint density at radius 1 is 0.307 bits per heavy atom. The quantitative estimate of drug-likeness (QED) is 0.171. The number of para-hydroxylation sites is 2. The van der Waals surface area contributed by atoms with Crippen LogP contribution < -0.4 is 9.64 Å². The summed E-state index contributed by atoms with van der Waals surface area (Å²) in [5.74, 6) is 1.77. The SMILES string of the molecule is c1ccc(-c2ccc(-c3ccc(N(c4ccc5c6c(ccc5c4)C4(c5ccccc5Sc5ccccc54)c4ccccc4-6)c4cccc5c4-c4ccccc4C54c5ccccc5Oc5ccccc54)cc3)cc2)cc1. The first-order chi connectivity index (χ1) is 37.2. The Balaban J connectivity index is 0.916. The number of anilines is 3. The van der Waals surface area contributed by atoms with Gasteiger partial charge in [0.05, 0.1) is 16.5 Å². The van der Waals surface area contributed by atoms with Crippen molar-refractivity contribution in [2.75, 3.05) is 4.90 Å². The van der Waals surface area contributed by atoms with E-state index in [2.05, 4.69) is 278 Å². The Morgan fingerprint density at radius 2 is 0.760 bits per heavy atom. The van der Waals surface area contributed by atoms with E-state index >= 15 is 0 Å². The minimum atomic E-state index is -0.600. The highest BCUT2D eigenvalue weighted by molar-refractivity contribution is 7.99. The third-order valence-electron chi connectivity index (χ3n) is 16.6. The van der Waals surface area contributed by atoms with Crippen LogP contribution in [0.15, 0.2) is 283 Å². The molecule has 2 spiro atoms. The molecule has 350 valence electrons. The first kappa shape index (κ1) is 42.4. The lowest BCUT2D eigenvalue weighted by molar-refractivity contribution is 0.436. The van der Waals surface area contributed by atoms with E-state index in [4.69, 9.17) is 4.74 Å². The molecule has 2 nitrogen and oxygen atoms in total. The monoisotopic (exact) mass is 971 g/mol. The molecule has 4 aliphatic rings. The fourth-order valence-corrected chi connectivity index (χ4v) is 14.8. The van der Waals surface area contributed by atoms with Crippen LogP contribution in [0.25, 0.3) is 55.3 Å². The molecule has 0 unspecified atom stereocenters. The minimum Gasteiger partial charge on any atom is -0.457 e. The Morgan fingerprint density at radius 3 is 1.39 bits per heavy atom. The molecule has 3 heteroatoms. The fourth-order valence-electron chi connectivity index (χ4n) is 13.6. The maximum absolute atomic E-state index is 6.74. The molecular weight excluding hydrogens is 927 g/mol. The van der Waals surface area contributed by atoms with Crippen molar-refractivity contribution in [2.45, 2.75) is 20.6 Å². The Labute approximate surface area is 440 Å². The summed E-state index contributed by atoms with van der Waals surface area (Å²) in [6, 6.07) is 101. The number of benzene rings is 12. The summed E-state index contributed by atoms with van der Waals surface area (Å²) in [5.41, 5.74) is 22.3. The Kier molecular flexibility index (Phi) is 9.14. The summed E-state index contributed by atoms with van der Waals surface area (Å²) < 4.78 is 6.74. The van der Waals surface area contributed by atoms with Gasteiger partial charge in [-0.1, -0.05) is 230 Å². The van der Waals surface area contributed by atoms with E-state index in [9.17, 15) is 0 Å². The van der Waals surface area contributed by atoms with Crippen LogP contribution in [0.2, 0.25) is 0 Å². The van der Waals surface area contributed by atoms with Crippen molar-refractivity contribution in [3.8, 4) is 56.0 Å². The second-order valence-corrected chi connectivity index (χ2v) is 21.3. The molecule has 0 radical (unpaired) electrons. The minimum absolute atomic E-state index is 0.442. The van der Waals surface area contributed by atoms with E-state index in [1.165, 1.54) is 98.5 Å². The third kappa shape index (κ3) is 5.87. The van der Waals surface area contributed by atoms with Gasteiger partial charge in [-0.15, -0.1) is 0 Å². The van der Waals surface area contributed by atoms with Crippen molar-refractivity contribution in [3.63, 3.8) is 0 Å². The largest absolute Gasteiger partial charge is 0.457 e. The van der Waals surface area contributed by atoms with E-state index in [1.807, 2.05) is 11.8 Å². The number of rotatable bonds is 5. The predicted molar refractivity (Wildman–Crippen MR) is 308 cm³/mol. The van der Waals surface area contributed by atoms with Gasteiger partial charge in [0.2, 0.25) is 0 Å². The summed E-state index contributed by atoms with van der Waals surface area (Å²) in [7, 11) is 0. The molecule has 0 bridgehead atoms. The number of ether oxygens (including phenoxy) is 1. The van der Waals surface area contributed by atoms with Crippen molar-refractivity contribution in [1.29, 1.82) is 0 Å². The Bertz CT molecular complexity index is 4220. The van der Waals surface area contributed by atoms with Crippen LogP contribution in [0.1, 0.15) is 44.5 Å². The smallest absolute Gasteiger partial charge is 0.132 e. The van der Waals surface area contributed by atoms with E-state index in [0.29, 0.717) is 0 Å². The summed E-state index contributed by atoms with van der Waals surface area (Å²) >= 11 is 1.89. The highest BCUT2D eigenvalue weighted by Crippen LogP contribution is 2.66. The van der Waals surface area contributed by atoms with E-state index in [1.54, 1.807) is 0 Å². The summed E-state index contributed by atoms with van der Waals surface area (Å²) in [6.07, 6.45) is 0. The first-order valence-electron chi connectivity index (χ1n) is 25.9. The van der Waals surface area contributed by atoms with Crippen molar-refractivity contribution in [2.24, 2.45) is 0 Å². The van der Waals surface area contributed by atoms with E-state index < -0.39 is 10.8 Å². The highest BCUT2D eigenvalue weighted by atomic mass is 32.2. The van der Waals surface area contributed by atoms with Crippen LogP contribution in [0.5, 0.6) is 11.5 Å². The molecule has 2 aliphatic heterocycles. The van der Waals surface area contributed by atoms with Gasteiger partial charge in [-0.2, -0.15) is 0 Å². The number of hydrogen-bond donors (Lipinski definition) is 0. The average molecular weight is 972 g/mol. The van der Waals surface area contributed by atoms with Gasteiger partial charge in [-0.3, -0.25) is 0 Å². The van der Waals surface area contributed by atoms with E-state index in [0.717, 1.165) is 39.7 Å². The topological polar surface area (TPSA) is 12.5 Å². The van der Waals surface area contributed by atoms with Gasteiger partial charge in [0.15, 0.2) is 0 Å². The van der Waals surface area contributed by atoms with Crippen LogP contribution in [0.3, 0.4) is 0 Å². The number of nitrogens with zero attached hydrogens (tertiary/aromatic N) is 1. The average Bonchev–Trinajstić information content (AvgIpc) is 4.18. The molecule has 2 heterocycles. The molecule has 2 aliphatic carbocycles. The number of hydrogen-bond acceptors (Lipinski definition) is 3. The molecule has 12 aromatic rings. The fraction of sp³-hybridized carbons (Fsp3) is 0.0278. The van der Waals surface area contributed by atoms with Gasteiger partial charge in [0.1, 0.15) is 11.5 Å². The molecule has 0 saturated heterocycles. The molecule has 12 aromatic carbocycles. The lowest BCUT2D eigenvalue weighted by Crippen LogP contribution is -2.32.